The van der Waals surface area contributed by atoms with Gasteiger partial charge in [0.05, 0.1) is 5.52 Å². The van der Waals surface area contributed by atoms with Gasteiger partial charge in [-0.3, -0.25) is 4.79 Å². The van der Waals surface area contributed by atoms with Crippen LogP contribution in [-0.2, 0) is 13.1 Å². The molecule has 1 aromatic carbocycles. The SMILES string of the molecule is Nc1ccc(=O)n(CCn2ccc3ccc(F)cc32)c1. The summed E-state index contributed by atoms with van der Waals surface area (Å²) in [4.78, 5) is 11.7. The summed E-state index contributed by atoms with van der Waals surface area (Å²) >= 11 is 0. The first-order valence-corrected chi connectivity index (χ1v) is 6.34. The van der Waals surface area contributed by atoms with Crippen molar-refractivity contribution in [3.05, 3.63) is 65.0 Å². The first-order valence-electron chi connectivity index (χ1n) is 6.34. The largest absolute Gasteiger partial charge is 0.398 e. The molecule has 0 aliphatic heterocycles. The van der Waals surface area contributed by atoms with Gasteiger partial charge in [0.1, 0.15) is 5.82 Å². The fourth-order valence-corrected chi connectivity index (χ4v) is 2.29. The number of fused-ring (bicyclic) bond motifs is 1. The van der Waals surface area contributed by atoms with E-state index in [1.165, 1.54) is 18.2 Å². The van der Waals surface area contributed by atoms with Crippen molar-refractivity contribution in [2.75, 3.05) is 5.73 Å². The Bertz CT molecular complexity index is 819. The maximum atomic E-state index is 13.3. The Labute approximate surface area is 114 Å². The number of nitrogen functional groups attached to an aromatic ring is 1. The van der Waals surface area contributed by atoms with Crippen LogP contribution in [0, 0.1) is 5.82 Å². The Kier molecular flexibility index (Phi) is 3.02. The second-order valence-corrected chi connectivity index (χ2v) is 4.71. The highest BCUT2D eigenvalue weighted by Gasteiger charge is 2.03. The van der Waals surface area contributed by atoms with Gasteiger partial charge in [0, 0.05) is 37.2 Å². The van der Waals surface area contributed by atoms with Crippen molar-refractivity contribution in [2.45, 2.75) is 13.1 Å². The monoisotopic (exact) mass is 271 g/mol. The maximum absolute atomic E-state index is 13.3. The summed E-state index contributed by atoms with van der Waals surface area (Å²) in [6.45, 7) is 1.07. The van der Waals surface area contributed by atoms with E-state index in [-0.39, 0.29) is 11.4 Å². The van der Waals surface area contributed by atoms with Crippen molar-refractivity contribution in [3.63, 3.8) is 0 Å². The van der Waals surface area contributed by atoms with Crippen LogP contribution < -0.4 is 11.3 Å². The Morgan fingerprint density at radius 2 is 1.85 bits per heavy atom. The average molecular weight is 271 g/mol. The quantitative estimate of drug-likeness (QED) is 0.794. The van der Waals surface area contributed by atoms with Gasteiger partial charge in [-0.05, 0) is 35.7 Å². The average Bonchev–Trinajstić information content (AvgIpc) is 2.82. The third kappa shape index (κ3) is 2.30. The zero-order valence-electron chi connectivity index (χ0n) is 10.8. The minimum absolute atomic E-state index is 0.0955. The Morgan fingerprint density at radius 1 is 1.05 bits per heavy atom. The van der Waals surface area contributed by atoms with Crippen LogP contribution in [0.15, 0.2) is 53.6 Å². The second kappa shape index (κ2) is 4.85. The molecule has 0 fully saturated rings. The minimum Gasteiger partial charge on any atom is -0.398 e. The van der Waals surface area contributed by atoms with Gasteiger partial charge in [0.2, 0.25) is 0 Å². The smallest absolute Gasteiger partial charge is 0.250 e. The van der Waals surface area contributed by atoms with E-state index in [4.69, 9.17) is 5.73 Å². The molecule has 2 N–H and O–H groups in total. The zero-order valence-corrected chi connectivity index (χ0v) is 10.8. The number of halogens is 1. The summed E-state index contributed by atoms with van der Waals surface area (Å²) in [6.07, 6.45) is 3.51. The lowest BCUT2D eigenvalue weighted by atomic mass is 10.2. The molecule has 0 aliphatic rings. The fraction of sp³-hybridized carbons (Fsp3) is 0.133. The summed E-state index contributed by atoms with van der Waals surface area (Å²) in [5.74, 6) is -0.265. The van der Waals surface area contributed by atoms with Crippen LogP contribution in [0.25, 0.3) is 10.9 Å². The number of anilines is 1. The fourth-order valence-electron chi connectivity index (χ4n) is 2.29. The first kappa shape index (κ1) is 12.5. The molecule has 102 valence electrons. The highest BCUT2D eigenvalue weighted by atomic mass is 19.1. The van der Waals surface area contributed by atoms with E-state index < -0.39 is 0 Å². The van der Waals surface area contributed by atoms with Crippen LogP contribution in [0.5, 0.6) is 0 Å². The maximum Gasteiger partial charge on any atom is 0.250 e. The van der Waals surface area contributed by atoms with Crippen molar-refractivity contribution in [1.82, 2.24) is 9.13 Å². The van der Waals surface area contributed by atoms with E-state index in [1.807, 2.05) is 16.8 Å². The number of benzene rings is 1. The number of aryl methyl sites for hydroxylation is 2. The number of aromatic nitrogens is 2. The molecule has 3 aromatic rings. The van der Waals surface area contributed by atoms with Crippen molar-refractivity contribution in [3.8, 4) is 0 Å². The molecule has 2 heterocycles. The molecular weight excluding hydrogens is 257 g/mol. The molecule has 0 radical (unpaired) electrons. The lowest BCUT2D eigenvalue weighted by molar-refractivity contribution is 0.576. The van der Waals surface area contributed by atoms with Crippen LogP contribution in [0.2, 0.25) is 0 Å². The van der Waals surface area contributed by atoms with Gasteiger partial charge < -0.3 is 14.9 Å². The normalized spacial score (nSPS) is 11.1. The molecule has 0 saturated carbocycles. The number of nitrogens with zero attached hydrogens (tertiary/aromatic N) is 2. The van der Waals surface area contributed by atoms with E-state index in [0.29, 0.717) is 18.8 Å². The van der Waals surface area contributed by atoms with E-state index in [9.17, 15) is 9.18 Å². The minimum atomic E-state index is -0.265. The Morgan fingerprint density at radius 3 is 2.70 bits per heavy atom. The van der Waals surface area contributed by atoms with Crippen molar-refractivity contribution in [2.24, 2.45) is 0 Å². The summed E-state index contributed by atoms with van der Waals surface area (Å²) in [5.41, 5.74) is 6.95. The third-order valence-corrected chi connectivity index (χ3v) is 3.32. The second-order valence-electron chi connectivity index (χ2n) is 4.71. The summed E-state index contributed by atoms with van der Waals surface area (Å²) in [6, 6.07) is 9.64. The van der Waals surface area contributed by atoms with Crippen LogP contribution in [0.4, 0.5) is 10.1 Å². The molecule has 0 saturated heterocycles. The molecule has 0 aliphatic carbocycles. The predicted molar refractivity (Wildman–Crippen MR) is 77.0 cm³/mol. The van der Waals surface area contributed by atoms with E-state index in [1.54, 1.807) is 22.9 Å². The van der Waals surface area contributed by atoms with Crippen molar-refractivity contribution in [1.29, 1.82) is 0 Å². The summed E-state index contributed by atoms with van der Waals surface area (Å²) < 4.78 is 16.8. The Balaban J connectivity index is 1.88. The highest BCUT2D eigenvalue weighted by molar-refractivity contribution is 5.80. The van der Waals surface area contributed by atoms with Crippen LogP contribution in [-0.4, -0.2) is 9.13 Å². The molecule has 0 bridgehead atoms. The van der Waals surface area contributed by atoms with Gasteiger partial charge in [-0.2, -0.15) is 0 Å². The molecule has 2 aromatic heterocycles. The zero-order chi connectivity index (χ0) is 14.1. The molecule has 0 atom stereocenters. The summed E-state index contributed by atoms with van der Waals surface area (Å²) in [5, 5.41) is 0.978. The van der Waals surface area contributed by atoms with Gasteiger partial charge in [0.25, 0.3) is 5.56 Å². The van der Waals surface area contributed by atoms with Gasteiger partial charge in [0.15, 0.2) is 0 Å². The number of nitrogens with two attached hydrogens (primary N) is 1. The van der Waals surface area contributed by atoms with Crippen LogP contribution in [0.3, 0.4) is 0 Å². The lowest BCUT2D eigenvalue weighted by Crippen LogP contribution is -2.21. The van der Waals surface area contributed by atoms with Gasteiger partial charge in [-0.1, -0.05) is 0 Å². The van der Waals surface area contributed by atoms with E-state index >= 15 is 0 Å². The first-order chi connectivity index (χ1) is 9.63. The molecule has 5 heteroatoms. The summed E-state index contributed by atoms with van der Waals surface area (Å²) in [7, 11) is 0. The third-order valence-electron chi connectivity index (χ3n) is 3.32. The van der Waals surface area contributed by atoms with Crippen LogP contribution in [0.1, 0.15) is 0 Å². The molecule has 20 heavy (non-hydrogen) atoms. The van der Waals surface area contributed by atoms with Crippen LogP contribution >= 0.6 is 0 Å². The molecule has 3 rings (SSSR count). The van der Waals surface area contributed by atoms with Gasteiger partial charge >= 0.3 is 0 Å². The molecule has 0 amide bonds. The Hall–Kier alpha value is -2.56. The number of hydrogen-bond donors (Lipinski definition) is 1. The van der Waals surface area contributed by atoms with Gasteiger partial charge in [-0.25, -0.2) is 4.39 Å². The predicted octanol–water partition coefficient (Wildman–Crippen LogP) is 2.22. The molecule has 0 unspecified atom stereocenters. The van der Waals surface area contributed by atoms with E-state index in [0.717, 1.165) is 10.9 Å². The molecule has 0 spiro atoms. The number of rotatable bonds is 3. The van der Waals surface area contributed by atoms with Crippen molar-refractivity contribution >= 4 is 16.6 Å². The number of hydrogen-bond acceptors (Lipinski definition) is 2. The molecular formula is C15H14FN3O. The number of pyridine rings is 1. The van der Waals surface area contributed by atoms with Crippen molar-refractivity contribution < 1.29 is 4.39 Å². The standard InChI is InChI=1S/C15H14FN3O/c16-12-2-1-11-5-6-18(14(11)9-12)7-8-19-10-13(17)3-4-15(19)20/h1-6,9-10H,7-8,17H2. The topological polar surface area (TPSA) is 53.0 Å². The lowest BCUT2D eigenvalue weighted by Gasteiger charge is -2.08. The molecule has 4 nitrogen and oxygen atoms in total. The van der Waals surface area contributed by atoms with Gasteiger partial charge in [-0.15, -0.1) is 0 Å². The highest BCUT2D eigenvalue weighted by Crippen LogP contribution is 2.17. The van der Waals surface area contributed by atoms with E-state index in [2.05, 4.69) is 0 Å².